The number of para-hydroxylation sites is 1. The van der Waals surface area contributed by atoms with Crippen LogP contribution in [0.25, 0.3) is 22.1 Å². The van der Waals surface area contributed by atoms with Crippen LogP contribution in [0.2, 0.25) is 0 Å². The highest BCUT2D eigenvalue weighted by Gasteiger charge is 2.08. The summed E-state index contributed by atoms with van der Waals surface area (Å²) in [5.41, 5.74) is 2.61. The third-order valence-corrected chi connectivity index (χ3v) is 3.71. The maximum Gasteiger partial charge on any atom is 0.182 e. The Hall–Kier alpha value is -2.27. The highest BCUT2D eigenvalue weighted by atomic mass is 32.2. The van der Waals surface area contributed by atoms with Gasteiger partial charge < -0.3 is 4.42 Å². The summed E-state index contributed by atoms with van der Waals surface area (Å²) in [6.45, 7) is 0. The molecule has 0 radical (unpaired) electrons. The van der Waals surface area contributed by atoms with E-state index >= 15 is 0 Å². The van der Waals surface area contributed by atoms with Crippen LogP contribution in [0.4, 0.5) is 0 Å². The summed E-state index contributed by atoms with van der Waals surface area (Å²) in [6, 6.07) is 13.8. The number of pyridine rings is 1. The second-order valence-electron chi connectivity index (χ2n) is 4.11. The van der Waals surface area contributed by atoms with Gasteiger partial charge in [-0.2, -0.15) is 0 Å². The predicted molar refractivity (Wildman–Crippen MR) is 75.0 cm³/mol. The molecule has 3 heterocycles. The van der Waals surface area contributed by atoms with Crippen LogP contribution in [-0.2, 0) is 0 Å². The van der Waals surface area contributed by atoms with E-state index in [0.717, 1.165) is 27.2 Å². The lowest BCUT2D eigenvalue weighted by Crippen LogP contribution is -1.85. The zero-order chi connectivity index (χ0) is 12.7. The molecule has 0 N–H and O–H groups in total. The molecule has 19 heavy (non-hydrogen) atoms. The average molecular weight is 267 g/mol. The Morgan fingerprint density at radius 2 is 2.00 bits per heavy atom. The van der Waals surface area contributed by atoms with Crippen LogP contribution in [0.15, 0.2) is 64.5 Å². The number of nitrogens with zero attached hydrogens (tertiary/aromatic N) is 3. The maximum absolute atomic E-state index is 5.78. The second-order valence-corrected chi connectivity index (χ2v) is 5.09. The zero-order valence-electron chi connectivity index (χ0n) is 9.85. The first kappa shape index (κ1) is 10.6. The number of hydrogen-bond donors (Lipinski definition) is 0. The highest BCUT2D eigenvalue weighted by molar-refractivity contribution is 7.97. The molecule has 0 aliphatic rings. The molecule has 0 unspecified atom stereocenters. The SMILES string of the molecule is c1ccc2oc(Sn3cnc4cccnc43)cc2c1. The lowest BCUT2D eigenvalue weighted by molar-refractivity contribution is 0.514. The Bertz CT molecular complexity index is 832. The summed E-state index contributed by atoms with van der Waals surface area (Å²) in [7, 11) is 0. The molecule has 0 spiro atoms. The summed E-state index contributed by atoms with van der Waals surface area (Å²) >= 11 is 1.47. The Labute approximate surface area is 113 Å². The van der Waals surface area contributed by atoms with E-state index in [2.05, 4.69) is 9.97 Å². The first-order valence-corrected chi connectivity index (χ1v) is 6.62. The van der Waals surface area contributed by atoms with Crippen molar-refractivity contribution in [3.8, 4) is 0 Å². The van der Waals surface area contributed by atoms with Gasteiger partial charge in [0, 0.05) is 29.6 Å². The largest absolute Gasteiger partial charge is 0.448 e. The fourth-order valence-corrected chi connectivity index (χ4v) is 2.82. The maximum atomic E-state index is 5.78. The van der Waals surface area contributed by atoms with Crippen molar-refractivity contribution in [2.24, 2.45) is 0 Å². The summed E-state index contributed by atoms with van der Waals surface area (Å²) in [5.74, 6) is 0. The summed E-state index contributed by atoms with van der Waals surface area (Å²) in [5, 5.41) is 1.92. The number of fused-ring (bicyclic) bond motifs is 2. The van der Waals surface area contributed by atoms with E-state index in [1.807, 2.05) is 46.4 Å². The van der Waals surface area contributed by atoms with E-state index in [0.29, 0.717) is 0 Å². The Morgan fingerprint density at radius 3 is 2.95 bits per heavy atom. The van der Waals surface area contributed by atoms with E-state index < -0.39 is 0 Å². The minimum absolute atomic E-state index is 0.825. The van der Waals surface area contributed by atoms with Crippen molar-refractivity contribution >= 4 is 34.1 Å². The molecule has 92 valence electrons. The van der Waals surface area contributed by atoms with Gasteiger partial charge in [0.2, 0.25) is 0 Å². The van der Waals surface area contributed by atoms with Crippen LogP contribution in [0.1, 0.15) is 0 Å². The molecule has 4 rings (SSSR count). The number of furan rings is 1. The quantitative estimate of drug-likeness (QED) is 0.555. The van der Waals surface area contributed by atoms with Crippen LogP contribution in [-0.4, -0.2) is 13.9 Å². The fourth-order valence-electron chi connectivity index (χ4n) is 1.99. The number of imidazole rings is 1. The molecule has 0 saturated heterocycles. The minimum atomic E-state index is 0.825. The van der Waals surface area contributed by atoms with Gasteiger partial charge in [-0.1, -0.05) is 18.2 Å². The van der Waals surface area contributed by atoms with Crippen molar-refractivity contribution in [2.75, 3.05) is 0 Å². The van der Waals surface area contributed by atoms with Crippen LogP contribution in [0.5, 0.6) is 0 Å². The van der Waals surface area contributed by atoms with Crippen molar-refractivity contribution < 1.29 is 4.42 Å². The summed E-state index contributed by atoms with van der Waals surface area (Å²) in [6.07, 6.45) is 3.52. The third kappa shape index (κ3) is 1.79. The van der Waals surface area contributed by atoms with Gasteiger partial charge in [-0.25, -0.2) is 13.9 Å². The lowest BCUT2D eigenvalue weighted by Gasteiger charge is -1.97. The van der Waals surface area contributed by atoms with Crippen LogP contribution >= 0.6 is 11.9 Å². The Balaban J connectivity index is 1.78. The van der Waals surface area contributed by atoms with Gasteiger partial charge in [0.1, 0.15) is 17.4 Å². The average Bonchev–Trinajstić information content (AvgIpc) is 3.03. The van der Waals surface area contributed by atoms with Gasteiger partial charge in [0.25, 0.3) is 0 Å². The van der Waals surface area contributed by atoms with Gasteiger partial charge in [-0.15, -0.1) is 0 Å². The van der Waals surface area contributed by atoms with Crippen molar-refractivity contribution in [1.82, 2.24) is 13.9 Å². The molecule has 1 aromatic carbocycles. The van der Waals surface area contributed by atoms with Crippen LogP contribution in [0, 0.1) is 0 Å². The molecular weight excluding hydrogens is 258 g/mol. The Kier molecular flexibility index (Phi) is 2.31. The number of rotatable bonds is 2. The van der Waals surface area contributed by atoms with E-state index in [4.69, 9.17) is 4.42 Å². The fraction of sp³-hybridized carbons (Fsp3) is 0. The molecule has 4 nitrogen and oxygen atoms in total. The zero-order valence-corrected chi connectivity index (χ0v) is 10.7. The molecule has 0 aliphatic heterocycles. The topological polar surface area (TPSA) is 43.9 Å². The normalized spacial score (nSPS) is 11.4. The summed E-state index contributed by atoms with van der Waals surface area (Å²) < 4.78 is 7.69. The van der Waals surface area contributed by atoms with E-state index in [-0.39, 0.29) is 0 Å². The first-order chi connectivity index (χ1) is 9.40. The van der Waals surface area contributed by atoms with Gasteiger partial charge in [0.05, 0.1) is 0 Å². The van der Waals surface area contributed by atoms with E-state index in [1.54, 1.807) is 12.5 Å². The molecule has 5 heteroatoms. The Morgan fingerprint density at radius 1 is 1.05 bits per heavy atom. The van der Waals surface area contributed by atoms with Gasteiger partial charge in [-0.3, -0.25) is 0 Å². The van der Waals surface area contributed by atoms with Crippen molar-refractivity contribution in [3.63, 3.8) is 0 Å². The van der Waals surface area contributed by atoms with Crippen LogP contribution in [0.3, 0.4) is 0 Å². The second kappa shape index (κ2) is 4.13. The standard InChI is InChI=1S/C14H9N3OS/c1-2-6-12-10(4-1)8-13(18-12)19-17-9-16-11-5-3-7-15-14(11)17/h1-9H. The number of hydrogen-bond acceptors (Lipinski definition) is 4. The molecule has 0 aliphatic carbocycles. The van der Waals surface area contributed by atoms with Gasteiger partial charge in [0.15, 0.2) is 10.7 Å². The molecule has 0 bridgehead atoms. The van der Waals surface area contributed by atoms with E-state index in [9.17, 15) is 0 Å². The smallest absolute Gasteiger partial charge is 0.182 e. The molecule has 0 fully saturated rings. The molecule has 0 atom stereocenters. The van der Waals surface area contributed by atoms with Gasteiger partial charge in [-0.05, 0) is 18.2 Å². The molecule has 4 aromatic rings. The molecule has 3 aromatic heterocycles. The van der Waals surface area contributed by atoms with Crippen molar-refractivity contribution in [1.29, 1.82) is 0 Å². The van der Waals surface area contributed by atoms with Gasteiger partial charge >= 0.3 is 0 Å². The molecule has 0 amide bonds. The van der Waals surface area contributed by atoms with Crippen molar-refractivity contribution in [3.05, 3.63) is 55.0 Å². The lowest BCUT2D eigenvalue weighted by atomic mass is 10.3. The monoisotopic (exact) mass is 267 g/mol. The number of aromatic nitrogens is 3. The third-order valence-electron chi connectivity index (χ3n) is 2.87. The molecule has 0 saturated carbocycles. The minimum Gasteiger partial charge on any atom is -0.448 e. The first-order valence-electron chi connectivity index (χ1n) is 5.85. The number of benzene rings is 1. The van der Waals surface area contributed by atoms with Crippen LogP contribution < -0.4 is 0 Å². The van der Waals surface area contributed by atoms with E-state index in [1.165, 1.54) is 11.9 Å². The predicted octanol–water partition coefficient (Wildman–Crippen LogP) is 3.73. The molecular formula is C14H9N3OS. The van der Waals surface area contributed by atoms with Crippen molar-refractivity contribution in [2.45, 2.75) is 5.09 Å². The highest BCUT2D eigenvalue weighted by Crippen LogP contribution is 2.29. The summed E-state index contributed by atoms with van der Waals surface area (Å²) in [4.78, 5) is 8.64.